The Morgan fingerprint density at radius 3 is 2.21 bits per heavy atom. The van der Waals surface area contributed by atoms with Gasteiger partial charge in [-0.15, -0.1) is 6.58 Å². The standard InChI is InChI=1S/C15H18O4/c1-4-7-11-8-9-12(18-14(16)5-2)13(10-11)19-15(17)6-3/h4,8-10H,1,5-7H2,2-3H3. The van der Waals surface area contributed by atoms with E-state index in [1.807, 2.05) is 6.07 Å². The summed E-state index contributed by atoms with van der Waals surface area (Å²) in [6.07, 6.45) is 2.92. The van der Waals surface area contributed by atoms with E-state index in [1.165, 1.54) is 0 Å². The second-order valence-corrected chi connectivity index (χ2v) is 3.93. The molecule has 0 aliphatic rings. The molecular weight excluding hydrogens is 244 g/mol. The first kappa shape index (κ1) is 15.0. The Bertz CT molecular complexity index is 477. The van der Waals surface area contributed by atoms with Gasteiger partial charge in [0.2, 0.25) is 0 Å². The average Bonchev–Trinajstić information content (AvgIpc) is 2.41. The first-order chi connectivity index (χ1) is 9.10. The van der Waals surface area contributed by atoms with Gasteiger partial charge in [0.15, 0.2) is 11.5 Å². The van der Waals surface area contributed by atoms with Crippen LogP contribution in [0.4, 0.5) is 0 Å². The van der Waals surface area contributed by atoms with Gasteiger partial charge in [-0.1, -0.05) is 26.0 Å². The maximum atomic E-state index is 11.4. The zero-order chi connectivity index (χ0) is 14.3. The Morgan fingerprint density at radius 1 is 1.11 bits per heavy atom. The van der Waals surface area contributed by atoms with Crippen molar-refractivity contribution in [2.24, 2.45) is 0 Å². The van der Waals surface area contributed by atoms with E-state index in [0.29, 0.717) is 6.42 Å². The first-order valence-electron chi connectivity index (χ1n) is 6.25. The summed E-state index contributed by atoms with van der Waals surface area (Å²) in [6.45, 7) is 7.06. The number of allylic oxidation sites excluding steroid dienone is 1. The summed E-state index contributed by atoms with van der Waals surface area (Å²) in [4.78, 5) is 22.7. The number of benzene rings is 1. The van der Waals surface area contributed by atoms with Crippen molar-refractivity contribution in [2.45, 2.75) is 33.1 Å². The molecule has 0 heterocycles. The third kappa shape index (κ3) is 4.58. The lowest BCUT2D eigenvalue weighted by Gasteiger charge is -2.11. The quantitative estimate of drug-likeness (QED) is 0.449. The lowest BCUT2D eigenvalue weighted by Crippen LogP contribution is -2.10. The van der Waals surface area contributed by atoms with E-state index in [1.54, 1.807) is 32.1 Å². The Kier molecular flexibility index (Phi) is 5.79. The number of rotatable bonds is 6. The van der Waals surface area contributed by atoms with Crippen LogP contribution >= 0.6 is 0 Å². The maximum Gasteiger partial charge on any atom is 0.311 e. The molecule has 0 saturated heterocycles. The largest absolute Gasteiger partial charge is 0.423 e. The Balaban J connectivity index is 3.02. The number of carbonyl (C=O) groups excluding carboxylic acids is 2. The van der Waals surface area contributed by atoms with Gasteiger partial charge >= 0.3 is 11.9 Å². The van der Waals surface area contributed by atoms with Crippen molar-refractivity contribution in [3.63, 3.8) is 0 Å². The van der Waals surface area contributed by atoms with Crippen molar-refractivity contribution in [1.82, 2.24) is 0 Å². The molecule has 0 amide bonds. The van der Waals surface area contributed by atoms with E-state index < -0.39 is 0 Å². The van der Waals surface area contributed by atoms with E-state index in [0.717, 1.165) is 5.56 Å². The SMILES string of the molecule is C=CCc1ccc(OC(=O)CC)c(OC(=O)CC)c1. The minimum Gasteiger partial charge on any atom is -0.423 e. The molecule has 0 fully saturated rings. The monoisotopic (exact) mass is 262 g/mol. The van der Waals surface area contributed by atoms with E-state index >= 15 is 0 Å². The Hall–Kier alpha value is -2.10. The molecule has 19 heavy (non-hydrogen) atoms. The van der Waals surface area contributed by atoms with Gasteiger partial charge in [0, 0.05) is 12.8 Å². The summed E-state index contributed by atoms with van der Waals surface area (Å²) in [5, 5.41) is 0. The molecule has 1 aromatic rings. The van der Waals surface area contributed by atoms with E-state index in [9.17, 15) is 9.59 Å². The summed E-state index contributed by atoms with van der Waals surface area (Å²) in [5.41, 5.74) is 0.935. The highest BCUT2D eigenvalue weighted by Crippen LogP contribution is 2.29. The predicted molar refractivity (Wildman–Crippen MR) is 72.2 cm³/mol. The summed E-state index contributed by atoms with van der Waals surface area (Å²) >= 11 is 0. The van der Waals surface area contributed by atoms with Crippen LogP contribution in [0.3, 0.4) is 0 Å². The third-order valence-electron chi connectivity index (χ3n) is 2.41. The van der Waals surface area contributed by atoms with Gasteiger partial charge in [-0.05, 0) is 24.1 Å². The summed E-state index contributed by atoms with van der Waals surface area (Å²) in [7, 11) is 0. The van der Waals surface area contributed by atoms with Crippen molar-refractivity contribution in [1.29, 1.82) is 0 Å². The van der Waals surface area contributed by atoms with Crippen molar-refractivity contribution < 1.29 is 19.1 Å². The predicted octanol–water partition coefficient (Wildman–Crippen LogP) is 3.05. The van der Waals surface area contributed by atoms with Crippen LogP contribution in [-0.4, -0.2) is 11.9 Å². The lowest BCUT2D eigenvalue weighted by molar-refractivity contribution is -0.136. The fourth-order valence-corrected chi connectivity index (χ4v) is 1.40. The van der Waals surface area contributed by atoms with E-state index in [-0.39, 0.29) is 36.3 Å². The van der Waals surface area contributed by atoms with Crippen LogP contribution in [0, 0.1) is 0 Å². The minimum absolute atomic E-state index is 0.257. The molecule has 0 radical (unpaired) electrons. The summed E-state index contributed by atoms with van der Waals surface area (Å²) < 4.78 is 10.3. The molecule has 0 bridgehead atoms. The van der Waals surface area contributed by atoms with Gasteiger partial charge in [-0.25, -0.2) is 0 Å². The van der Waals surface area contributed by atoms with Gasteiger partial charge in [-0.3, -0.25) is 9.59 Å². The topological polar surface area (TPSA) is 52.6 Å². The zero-order valence-corrected chi connectivity index (χ0v) is 11.3. The van der Waals surface area contributed by atoms with Crippen molar-refractivity contribution in [3.05, 3.63) is 36.4 Å². The van der Waals surface area contributed by atoms with E-state index in [4.69, 9.17) is 9.47 Å². The molecule has 102 valence electrons. The normalized spacial score (nSPS) is 9.79. The highest BCUT2D eigenvalue weighted by molar-refractivity contribution is 5.76. The second-order valence-electron chi connectivity index (χ2n) is 3.93. The number of hydrogen-bond acceptors (Lipinski definition) is 4. The summed E-state index contributed by atoms with van der Waals surface area (Å²) in [5.74, 6) is -0.204. The molecule has 1 aromatic carbocycles. The van der Waals surface area contributed by atoms with Crippen LogP contribution < -0.4 is 9.47 Å². The molecule has 0 atom stereocenters. The Morgan fingerprint density at radius 2 is 1.68 bits per heavy atom. The Labute approximate surface area is 113 Å². The van der Waals surface area contributed by atoms with E-state index in [2.05, 4.69) is 6.58 Å². The zero-order valence-electron chi connectivity index (χ0n) is 11.3. The van der Waals surface area contributed by atoms with Crippen LogP contribution in [0.5, 0.6) is 11.5 Å². The number of carbonyl (C=O) groups is 2. The minimum atomic E-state index is -0.371. The summed E-state index contributed by atoms with van der Waals surface area (Å²) in [6, 6.07) is 5.13. The van der Waals surface area contributed by atoms with Gasteiger partial charge < -0.3 is 9.47 Å². The molecule has 0 aliphatic heterocycles. The molecular formula is C15H18O4. The second kappa shape index (κ2) is 7.36. The smallest absolute Gasteiger partial charge is 0.311 e. The highest BCUT2D eigenvalue weighted by atomic mass is 16.6. The number of hydrogen-bond donors (Lipinski definition) is 0. The number of esters is 2. The van der Waals surface area contributed by atoms with Gasteiger partial charge in [0.1, 0.15) is 0 Å². The molecule has 0 unspecified atom stereocenters. The number of ether oxygens (including phenoxy) is 2. The molecule has 0 N–H and O–H groups in total. The van der Waals surface area contributed by atoms with Gasteiger partial charge in [0.05, 0.1) is 0 Å². The average molecular weight is 262 g/mol. The lowest BCUT2D eigenvalue weighted by atomic mass is 10.1. The third-order valence-corrected chi connectivity index (χ3v) is 2.41. The van der Waals surface area contributed by atoms with Crippen LogP contribution in [0.2, 0.25) is 0 Å². The van der Waals surface area contributed by atoms with Crippen molar-refractivity contribution >= 4 is 11.9 Å². The molecule has 0 aromatic heterocycles. The molecule has 0 aliphatic carbocycles. The fourth-order valence-electron chi connectivity index (χ4n) is 1.40. The van der Waals surface area contributed by atoms with Crippen molar-refractivity contribution in [2.75, 3.05) is 0 Å². The van der Waals surface area contributed by atoms with Crippen LogP contribution in [-0.2, 0) is 16.0 Å². The van der Waals surface area contributed by atoms with Crippen LogP contribution in [0.25, 0.3) is 0 Å². The van der Waals surface area contributed by atoms with Gasteiger partial charge in [0.25, 0.3) is 0 Å². The van der Waals surface area contributed by atoms with Crippen LogP contribution in [0.15, 0.2) is 30.9 Å². The highest BCUT2D eigenvalue weighted by Gasteiger charge is 2.12. The molecule has 4 nitrogen and oxygen atoms in total. The molecule has 1 rings (SSSR count). The van der Waals surface area contributed by atoms with Crippen LogP contribution in [0.1, 0.15) is 32.3 Å². The van der Waals surface area contributed by atoms with Crippen molar-refractivity contribution in [3.8, 4) is 11.5 Å². The fraction of sp³-hybridized carbons (Fsp3) is 0.333. The molecule has 0 saturated carbocycles. The molecule has 4 heteroatoms. The molecule has 0 spiro atoms. The maximum absolute atomic E-state index is 11.4. The van der Waals surface area contributed by atoms with Gasteiger partial charge in [-0.2, -0.15) is 0 Å². The first-order valence-corrected chi connectivity index (χ1v) is 6.25.